The van der Waals surface area contributed by atoms with Crippen LogP contribution in [-0.2, 0) is 13.8 Å². The smallest absolute Gasteiger partial charge is 0.296 e. The lowest BCUT2D eigenvalue weighted by atomic mass is 10.1. The molecule has 0 radical (unpaired) electrons. The lowest BCUT2D eigenvalue weighted by Gasteiger charge is -2.15. The highest BCUT2D eigenvalue weighted by Gasteiger charge is 2.32. The first-order valence-corrected chi connectivity index (χ1v) is 8.12. The van der Waals surface area contributed by atoms with E-state index in [0.717, 1.165) is 6.42 Å². The summed E-state index contributed by atoms with van der Waals surface area (Å²) in [6.07, 6.45) is 0.969. The van der Waals surface area contributed by atoms with E-state index in [1.54, 1.807) is 4.57 Å². The van der Waals surface area contributed by atoms with E-state index in [4.69, 9.17) is 15.4 Å². The summed E-state index contributed by atoms with van der Waals surface area (Å²) in [5, 5.41) is 7.52. The number of halogens is 1. The molecule has 0 aromatic carbocycles. The minimum Gasteiger partial charge on any atom is -0.378 e. The Hall–Kier alpha value is -0.660. The average Bonchev–Trinajstić information content (AvgIpc) is 2.80. The molecule has 1 fully saturated rings. The molecule has 2 rings (SSSR count). The second kappa shape index (κ2) is 4.79. The molecule has 0 amide bonds. The van der Waals surface area contributed by atoms with E-state index in [-0.39, 0.29) is 23.2 Å². The maximum atomic E-state index is 11.5. The number of hydrogen-bond acceptors (Lipinski definition) is 5. The molecule has 0 bridgehead atoms. The third-order valence-corrected chi connectivity index (χ3v) is 4.12. The average molecular weight is 294 g/mol. The maximum Gasteiger partial charge on any atom is 0.296 e. The number of rotatable bonds is 3. The van der Waals surface area contributed by atoms with E-state index in [9.17, 15) is 8.42 Å². The van der Waals surface area contributed by atoms with E-state index >= 15 is 0 Å². The highest BCUT2D eigenvalue weighted by atomic mass is 35.7. The Morgan fingerprint density at radius 3 is 2.56 bits per heavy atom. The van der Waals surface area contributed by atoms with Gasteiger partial charge in [-0.3, -0.25) is 4.57 Å². The van der Waals surface area contributed by atoms with Gasteiger partial charge >= 0.3 is 0 Å². The minimum absolute atomic E-state index is 0.0714. The van der Waals surface area contributed by atoms with Gasteiger partial charge in [0.15, 0.2) is 0 Å². The summed E-state index contributed by atoms with van der Waals surface area (Å²) in [6.45, 7) is 6.26. The van der Waals surface area contributed by atoms with Crippen LogP contribution >= 0.6 is 10.7 Å². The van der Waals surface area contributed by atoms with Gasteiger partial charge in [0.1, 0.15) is 5.82 Å². The van der Waals surface area contributed by atoms with Crippen molar-refractivity contribution in [3.8, 4) is 0 Å². The van der Waals surface area contributed by atoms with E-state index < -0.39 is 9.05 Å². The monoisotopic (exact) mass is 293 g/mol. The molecule has 2 unspecified atom stereocenters. The Bertz CT molecular complexity index is 541. The zero-order chi connectivity index (χ0) is 13.5. The lowest BCUT2D eigenvalue weighted by Crippen LogP contribution is -2.15. The summed E-state index contributed by atoms with van der Waals surface area (Å²) in [4.78, 5) is 0. The Labute approximate surface area is 111 Å². The largest absolute Gasteiger partial charge is 0.378 e. The van der Waals surface area contributed by atoms with Crippen LogP contribution < -0.4 is 0 Å². The van der Waals surface area contributed by atoms with E-state index in [1.165, 1.54) is 0 Å². The molecular weight excluding hydrogens is 278 g/mol. The molecule has 0 spiro atoms. The molecule has 1 aliphatic heterocycles. The quantitative estimate of drug-likeness (QED) is 0.793. The molecule has 0 N–H and O–H groups in total. The summed E-state index contributed by atoms with van der Waals surface area (Å²) >= 11 is 0. The molecule has 0 saturated carbocycles. The Balaban J connectivity index is 2.46. The van der Waals surface area contributed by atoms with Gasteiger partial charge < -0.3 is 4.74 Å². The first kappa shape index (κ1) is 13.8. The second-order valence-electron chi connectivity index (χ2n) is 4.82. The first-order valence-electron chi connectivity index (χ1n) is 5.81. The van der Waals surface area contributed by atoms with Crippen molar-refractivity contribution in [1.29, 1.82) is 0 Å². The topological polar surface area (TPSA) is 74.1 Å². The number of hydrogen-bond donors (Lipinski definition) is 0. The van der Waals surface area contributed by atoms with Gasteiger partial charge in [-0.05, 0) is 27.2 Å². The fourth-order valence-electron chi connectivity index (χ4n) is 2.22. The van der Waals surface area contributed by atoms with Crippen LogP contribution in [0.15, 0.2) is 5.16 Å². The fraction of sp³-hybridized carbons (Fsp3) is 0.800. The highest BCUT2D eigenvalue weighted by molar-refractivity contribution is 8.13. The normalized spacial score (nSPS) is 24.9. The second-order valence-corrected chi connectivity index (χ2v) is 7.28. The minimum atomic E-state index is -3.88. The predicted octanol–water partition coefficient (Wildman–Crippen LogP) is 1.68. The van der Waals surface area contributed by atoms with Crippen molar-refractivity contribution in [1.82, 2.24) is 14.8 Å². The molecule has 18 heavy (non-hydrogen) atoms. The summed E-state index contributed by atoms with van der Waals surface area (Å²) in [7, 11) is 1.49. The van der Waals surface area contributed by atoms with Crippen LogP contribution in [0.5, 0.6) is 0 Å². The summed E-state index contributed by atoms with van der Waals surface area (Å²) in [5.74, 6) is 0.704. The van der Waals surface area contributed by atoms with Crippen LogP contribution in [0.25, 0.3) is 0 Å². The SMILES string of the molecule is CC1CC(c2nnc(S(=O)(=O)Cl)n2C(C)C)CO1. The van der Waals surface area contributed by atoms with Gasteiger partial charge in [0, 0.05) is 22.6 Å². The van der Waals surface area contributed by atoms with E-state index in [2.05, 4.69) is 10.2 Å². The van der Waals surface area contributed by atoms with Crippen molar-refractivity contribution < 1.29 is 13.2 Å². The van der Waals surface area contributed by atoms with Gasteiger partial charge in [0.2, 0.25) is 0 Å². The van der Waals surface area contributed by atoms with Crippen molar-refractivity contribution in [2.24, 2.45) is 0 Å². The van der Waals surface area contributed by atoms with Crippen LogP contribution in [0.4, 0.5) is 0 Å². The maximum absolute atomic E-state index is 11.5. The van der Waals surface area contributed by atoms with E-state index in [1.807, 2.05) is 20.8 Å². The van der Waals surface area contributed by atoms with Crippen molar-refractivity contribution in [3.05, 3.63) is 5.82 Å². The Kier molecular flexibility index (Phi) is 3.66. The third kappa shape index (κ3) is 2.53. The van der Waals surface area contributed by atoms with Gasteiger partial charge in [-0.1, -0.05) is 0 Å². The molecule has 0 aliphatic carbocycles. The number of ether oxygens (including phenoxy) is 1. The molecule has 1 aliphatic rings. The van der Waals surface area contributed by atoms with Crippen LogP contribution in [-0.4, -0.2) is 35.9 Å². The molecular formula is C10H16ClN3O3S. The molecule has 6 nitrogen and oxygen atoms in total. The van der Waals surface area contributed by atoms with Crippen molar-refractivity contribution in [3.63, 3.8) is 0 Å². The predicted molar refractivity (Wildman–Crippen MR) is 66.2 cm³/mol. The molecule has 2 heterocycles. The first-order chi connectivity index (χ1) is 8.30. The standard InChI is InChI=1S/C10H16ClN3O3S/c1-6(2)14-9(8-4-7(3)17-5-8)12-13-10(14)18(11,15)16/h6-8H,4-5H2,1-3H3. The Morgan fingerprint density at radius 1 is 1.44 bits per heavy atom. The van der Waals surface area contributed by atoms with Crippen molar-refractivity contribution in [2.45, 2.75) is 50.4 Å². The zero-order valence-corrected chi connectivity index (χ0v) is 12.1. The van der Waals surface area contributed by atoms with Gasteiger partial charge in [0.25, 0.3) is 14.2 Å². The molecule has 102 valence electrons. The van der Waals surface area contributed by atoms with Gasteiger partial charge in [-0.2, -0.15) is 0 Å². The zero-order valence-electron chi connectivity index (χ0n) is 10.5. The molecule has 1 aromatic rings. The van der Waals surface area contributed by atoms with Crippen molar-refractivity contribution >= 4 is 19.7 Å². The van der Waals surface area contributed by atoms with Crippen LogP contribution in [0.1, 0.15) is 45.0 Å². The van der Waals surface area contributed by atoms with Crippen molar-refractivity contribution in [2.75, 3.05) is 6.61 Å². The highest BCUT2D eigenvalue weighted by Crippen LogP contribution is 2.31. The summed E-state index contributed by atoms with van der Waals surface area (Å²) in [6, 6.07) is -0.0746. The van der Waals surface area contributed by atoms with Crippen LogP contribution in [0.2, 0.25) is 0 Å². The fourth-order valence-corrected chi connectivity index (χ4v) is 3.21. The molecule has 2 atom stereocenters. The summed E-state index contributed by atoms with van der Waals surface area (Å²) < 4.78 is 30.0. The summed E-state index contributed by atoms with van der Waals surface area (Å²) in [5.41, 5.74) is 0. The molecule has 1 saturated heterocycles. The van der Waals surface area contributed by atoms with Gasteiger partial charge in [-0.25, -0.2) is 8.42 Å². The number of aromatic nitrogens is 3. The van der Waals surface area contributed by atoms with Crippen LogP contribution in [0.3, 0.4) is 0 Å². The molecule has 1 aromatic heterocycles. The third-order valence-electron chi connectivity index (χ3n) is 2.99. The van der Waals surface area contributed by atoms with Gasteiger partial charge in [-0.15, -0.1) is 10.2 Å². The van der Waals surface area contributed by atoms with E-state index in [0.29, 0.717) is 12.4 Å². The Morgan fingerprint density at radius 2 is 2.11 bits per heavy atom. The molecule has 8 heteroatoms. The van der Waals surface area contributed by atoms with Gasteiger partial charge in [0.05, 0.1) is 12.7 Å². The lowest BCUT2D eigenvalue weighted by molar-refractivity contribution is 0.123. The van der Waals surface area contributed by atoms with Crippen LogP contribution in [0, 0.1) is 0 Å². The number of nitrogens with zero attached hydrogens (tertiary/aromatic N) is 3.